The van der Waals surface area contributed by atoms with E-state index >= 15 is 0 Å². The maximum absolute atomic E-state index is 12.2. The molecule has 1 N–H and O–H groups in total. The summed E-state index contributed by atoms with van der Waals surface area (Å²) in [7, 11) is 0. The van der Waals surface area contributed by atoms with Gasteiger partial charge in [0, 0.05) is 6.54 Å². The standard InChI is InChI=1S/C15H24N2O2/c1-2-6-13-15(19)17(11-14(18)16-13)10-9-12-7-4-3-5-8-12/h7,13H,2-6,8-11H2,1H3,(H,16,18). The maximum Gasteiger partial charge on any atom is 0.245 e. The minimum absolute atomic E-state index is 0.0179. The van der Waals surface area contributed by atoms with Crippen molar-refractivity contribution in [2.24, 2.45) is 0 Å². The molecule has 0 aromatic rings. The summed E-state index contributed by atoms with van der Waals surface area (Å²) in [6.45, 7) is 2.95. The van der Waals surface area contributed by atoms with Crippen molar-refractivity contribution >= 4 is 11.8 Å². The molecule has 1 unspecified atom stereocenters. The highest BCUT2D eigenvalue weighted by Crippen LogP contribution is 2.20. The van der Waals surface area contributed by atoms with Crippen molar-refractivity contribution in [3.8, 4) is 0 Å². The van der Waals surface area contributed by atoms with Gasteiger partial charge >= 0.3 is 0 Å². The molecule has 0 bridgehead atoms. The number of carbonyl (C=O) groups excluding carboxylic acids is 2. The summed E-state index contributed by atoms with van der Waals surface area (Å²) >= 11 is 0. The van der Waals surface area contributed by atoms with Crippen LogP contribution in [0.2, 0.25) is 0 Å². The van der Waals surface area contributed by atoms with Crippen LogP contribution in [0.1, 0.15) is 51.9 Å². The predicted octanol–water partition coefficient (Wildman–Crippen LogP) is 2.00. The van der Waals surface area contributed by atoms with Gasteiger partial charge in [-0.3, -0.25) is 9.59 Å². The van der Waals surface area contributed by atoms with Gasteiger partial charge in [0.1, 0.15) is 6.04 Å². The summed E-state index contributed by atoms with van der Waals surface area (Å²) in [6.07, 6.45) is 9.76. The van der Waals surface area contributed by atoms with E-state index in [-0.39, 0.29) is 24.4 Å². The molecule has 1 aliphatic carbocycles. The van der Waals surface area contributed by atoms with Crippen molar-refractivity contribution < 1.29 is 9.59 Å². The lowest BCUT2D eigenvalue weighted by Gasteiger charge is -2.32. The second kappa shape index (κ2) is 6.73. The third-order valence-corrected chi connectivity index (χ3v) is 3.94. The molecule has 1 aliphatic heterocycles. The van der Waals surface area contributed by atoms with Crippen molar-refractivity contribution in [2.45, 2.75) is 57.9 Å². The zero-order chi connectivity index (χ0) is 13.7. The smallest absolute Gasteiger partial charge is 0.245 e. The Bertz CT molecular complexity index is 376. The average Bonchev–Trinajstić information content (AvgIpc) is 2.42. The van der Waals surface area contributed by atoms with Gasteiger partial charge in [0.05, 0.1) is 6.54 Å². The Morgan fingerprint density at radius 3 is 2.89 bits per heavy atom. The number of amides is 2. The van der Waals surface area contributed by atoms with E-state index in [1.165, 1.54) is 24.8 Å². The second-order valence-corrected chi connectivity index (χ2v) is 5.53. The highest BCUT2D eigenvalue weighted by Gasteiger charge is 2.31. The van der Waals surface area contributed by atoms with Crippen LogP contribution in [0.25, 0.3) is 0 Å². The van der Waals surface area contributed by atoms with Gasteiger partial charge in [0.25, 0.3) is 0 Å². The van der Waals surface area contributed by atoms with Gasteiger partial charge in [-0.2, -0.15) is 0 Å². The van der Waals surface area contributed by atoms with Crippen LogP contribution in [0.4, 0.5) is 0 Å². The van der Waals surface area contributed by atoms with E-state index < -0.39 is 0 Å². The van der Waals surface area contributed by atoms with E-state index in [0.717, 1.165) is 25.7 Å². The first-order valence-corrected chi connectivity index (χ1v) is 7.46. The number of hydrogen-bond donors (Lipinski definition) is 1. The quantitative estimate of drug-likeness (QED) is 0.772. The Kier molecular flexibility index (Phi) is 5.00. The van der Waals surface area contributed by atoms with Crippen LogP contribution in [0.5, 0.6) is 0 Å². The molecule has 0 spiro atoms. The van der Waals surface area contributed by atoms with Crippen molar-refractivity contribution in [3.63, 3.8) is 0 Å². The minimum Gasteiger partial charge on any atom is -0.343 e. The second-order valence-electron chi connectivity index (χ2n) is 5.53. The molecule has 0 saturated carbocycles. The van der Waals surface area contributed by atoms with Crippen LogP contribution >= 0.6 is 0 Å². The molecule has 0 radical (unpaired) electrons. The number of rotatable bonds is 5. The summed E-state index contributed by atoms with van der Waals surface area (Å²) in [4.78, 5) is 25.6. The summed E-state index contributed by atoms with van der Waals surface area (Å²) < 4.78 is 0. The SMILES string of the molecule is CCCC1NC(=O)CN(CCC2=CCCCC2)C1=O. The number of carbonyl (C=O) groups is 2. The van der Waals surface area contributed by atoms with Crippen LogP contribution in [-0.2, 0) is 9.59 Å². The first-order valence-electron chi connectivity index (χ1n) is 7.46. The Morgan fingerprint density at radius 2 is 2.21 bits per heavy atom. The van der Waals surface area contributed by atoms with E-state index in [9.17, 15) is 9.59 Å². The fourth-order valence-corrected chi connectivity index (χ4v) is 2.86. The molecule has 4 nitrogen and oxygen atoms in total. The molecule has 2 aliphatic rings. The fraction of sp³-hybridized carbons (Fsp3) is 0.733. The van der Waals surface area contributed by atoms with E-state index in [0.29, 0.717) is 6.54 Å². The first kappa shape index (κ1) is 14.1. The summed E-state index contributed by atoms with van der Waals surface area (Å²) in [5.74, 6) is 0.0773. The van der Waals surface area contributed by atoms with Gasteiger partial charge in [-0.25, -0.2) is 0 Å². The van der Waals surface area contributed by atoms with E-state index in [1.807, 2.05) is 6.92 Å². The molecule has 1 heterocycles. The van der Waals surface area contributed by atoms with Crippen LogP contribution < -0.4 is 5.32 Å². The Labute approximate surface area is 115 Å². The van der Waals surface area contributed by atoms with E-state index in [4.69, 9.17) is 0 Å². The van der Waals surface area contributed by atoms with Crippen LogP contribution in [0.3, 0.4) is 0 Å². The van der Waals surface area contributed by atoms with Crippen molar-refractivity contribution in [3.05, 3.63) is 11.6 Å². The fourth-order valence-electron chi connectivity index (χ4n) is 2.86. The molecular formula is C15H24N2O2. The largest absolute Gasteiger partial charge is 0.343 e. The third-order valence-electron chi connectivity index (χ3n) is 3.94. The Hall–Kier alpha value is -1.32. The molecule has 1 atom stereocenters. The summed E-state index contributed by atoms with van der Waals surface area (Å²) in [5, 5.41) is 2.79. The van der Waals surface area contributed by atoms with E-state index in [2.05, 4.69) is 11.4 Å². The number of hydrogen-bond acceptors (Lipinski definition) is 2. The predicted molar refractivity (Wildman–Crippen MR) is 74.6 cm³/mol. The number of allylic oxidation sites excluding steroid dienone is 1. The lowest BCUT2D eigenvalue weighted by molar-refractivity contribution is -0.144. The highest BCUT2D eigenvalue weighted by atomic mass is 16.2. The van der Waals surface area contributed by atoms with Crippen LogP contribution in [-0.4, -0.2) is 35.8 Å². The van der Waals surface area contributed by atoms with Crippen molar-refractivity contribution in [2.75, 3.05) is 13.1 Å². The maximum atomic E-state index is 12.2. The topological polar surface area (TPSA) is 49.4 Å². The molecule has 2 amide bonds. The third kappa shape index (κ3) is 3.82. The Balaban J connectivity index is 1.88. The molecule has 0 aromatic carbocycles. The summed E-state index contributed by atoms with van der Waals surface area (Å²) in [6, 6.07) is -0.299. The number of nitrogens with zero attached hydrogens (tertiary/aromatic N) is 1. The highest BCUT2D eigenvalue weighted by molar-refractivity contribution is 5.94. The van der Waals surface area contributed by atoms with Gasteiger partial charge in [-0.05, 0) is 38.5 Å². The monoisotopic (exact) mass is 264 g/mol. The minimum atomic E-state index is -0.299. The molecule has 1 saturated heterocycles. The molecule has 0 aromatic heterocycles. The molecule has 4 heteroatoms. The zero-order valence-corrected chi connectivity index (χ0v) is 11.8. The average molecular weight is 264 g/mol. The van der Waals surface area contributed by atoms with Gasteiger partial charge in [0.15, 0.2) is 0 Å². The van der Waals surface area contributed by atoms with Crippen molar-refractivity contribution in [1.29, 1.82) is 0 Å². The number of piperazine rings is 1. The summed E-state index contributed by atoms with van der Waals surface area (Å²) in [5.41, 5.74) is 1.46. The zero-order valence-electron chi connectivity index (χ0n) is 11.8. The molecule has 106 valence electrons. The first-order chi connectivity index (χ1) is 9.20. The molecule has 1 fully saturated rings. The molecule has 2 rings (SSSR count). The number of nitrogens with one attached hydrogen (secondary N) is 1. The lowest BCUT2D eigenvalue weighted by atomic mass is 9.97. The lowest BCUT2D eigenvalue weighted by Crippen LogP contribution is -2.58. The van der Waals surface area contributed by atoms with Gasteiger partial charge < -0.3 is 10.2 Å². The van der Waals surface area contributed by atoms with Crippen LogP contribution in [0, 0.1) is 0 Å². The van der Waals surface area contributed by atoms with E-state index in [1.54, 1.807) is 4.90 Å². The normalized spacial score (nSPS) is 24.2. The Morgan fingerprint density at radius 1 is 1.37 bits per heavy atom. The van der Waals surface area contributed by atoms with Crippen molar-refractivity contribution in [1.82, 2.24) is 10.2 Å². The molecular weight excluding hydrogens is 240 g/mol. The van der Waals surface area contributed by atoms with Gasteiger partial charge in [-0.15, -0.1) is 0 Å². The van der Waals surface area contributed by atoms with Gasteiger partial charge in [0.2, 0.25) is 11.8 Å². The molecule has 19 heavy (non-hydrogen) atoms. The van der Waals surface area contributed by atoms with Gasteiger partial charge in [-0.1, -0.05) is 25.0 Å². The van der Waals surface area contributed by atoms with Crippen LogP contribution in [0.15, 0.2) is 11.6 Å².